The highest BCUT2D eigenvalue weighted by atomic mass is 16.4. The van der Waals surface area contributed by atoms with Crippen LogP contribution in [0.25, 0.3) is 0 Å². The highest BCUT2D eigenvalue weighted by Crippen LogP contribution is 2.21. The van der Waals surface area contributed by atoms with E-state index in [0.717, 1.165) is 0 Å². The Morgan fingerprint density at radius 2 is 1.11 bits per heavy atom. The zero-order valence-corrected chi connectivity index (χ0v) is 44.1. The Kier molecular flexibility index (Phi) is 30.7. The molecular weight excluding hydrogens is 985 g/mol. The van der Waals surface area contributed by atoms with Crippen LogP contribution in [0.2, 0.25) is 0 Å². The zero-order valence-electron chi connectivity index (χ0n) is 44.1. The molecule has 1 rings (SSSR count). The number of carbonyl (C=O) groups excluding carboxylic acids is 9. The molecule has 75 heavy (non-hydrogen) atoms. The molecule has 28 nitrogen and oxygen atoms in total. The summed E-state index contributed by atoms with van der Waals surface area (Å²) in [6.07, 6.45) is 1.14. The predicted molar refractivity (Wildman–Crippen MR) is 273 cm³/mol. The number of hydrogen-bond donors (Lipinski definition) is 15. The number of likely N-dealkylation sites (tertiary alicyclic amines) is 1. The molecule has 1 saturated heterocycles. The minimum absolute atomic E-state index is 0.00906. The number of amides is 9. The van der Waals surface area contributed by atoms with Crippen molar-refractivity contribution in [3.8, 4) is 0 Å². The normalized spacial score (nSPS) is 16.0. The number of carbonyl (C=O) groups is 11. The first-order chi connectivity index (χ1) is 35.2. The van der Waals surface area contributed by atoms with Crippen LogP contribution in [0.4, 0.5) is 0 Å². The number of aliphatic hydroxyl groups excluding tert-OH is 1. The summed E-state index contributed by atoms with van der Waals surface area (Å²) in [7, 11) is 0. The molecule has 8 atom stereocenters. The van der Waals surface area contributed by atoms with Gasteiger partial charge in [-0.25, -0.2) is 4.79 Å². The Morgan fingerprint density at radius 1 is 0.600 bits per heavy atom. The highest BCUT2D eigenvalue weighted by Gasteiger charge is 2.40. The molecule has 0 unspecified atom stereocenters. The lowest BCUT2D eigenvalue weighted by Gasteiger charge is -2.31. The number of nitrogens with two attached hydrogens (primary N) is 4. The van der Waals surface area contributed by atoms with Crippen molar-refractivity contribution in [1.82, 2.24) is 47.4 Å². The lowest BCUT2D eigenvalue weighted by atomic mass is 9.99. The van der Waals surface area contributed by atoms with Gasteiger partial charge in [-0.05, 0) is 94.9 Å². The van der Waals surface area contributed by atoms with Crippen molar-refractivity contribution >= 4 is 71.1 Å². The predicted octanol–water partition coefficient (Wildman–Crippen LogP) is -4.29. The number of unbranched alkanes of at least 4 members (excludes halogenated alkanes) is 1. The quantitative estimate of drug-likeness (QED) is 0.0160. The minimum atomic E-state index is -1.48. The molecular formula is C47H84N14O14. The van der Waals surface area contributed by atoms with Gasteiger partial charge in [-0.3, -0.25) is 52.9 Å². The molecule has 426 valence electrons. The van der Waals surface area contributed by atoms with Crippen LogP contribution in [0.3, 0.4) is 0 Å². The number of guanidine groups is 1. The number of aliphatic imine (C=N–C) groups is 1. The van der Waals surface area contributed by atoms with Crippen LogP contribution in [-0.4, -0.2) is 179 Å². The number of carboxylic acids is 2. The zero-order chi connectivity index (χ0) is 56.9. The maximum absolute atomic E-state index is 14.1. The summed E-state index contributed by atoms with van der Waals surface area (Å²) in [6, 6.07) is -10.0. The van der Waals surface area contributed by atoms with Crippen LogP contribution in [-0.2, 0) is 52.7 Å². The van der Waals surface area contributed by atoms with Gasteiger partial charge >= 0.3 is 11.9 Å². The van der Waals surface area contributed by atoms with E-state index in [1.165, 1.54) is 4.90 Å². The summed E-state index contributed by atoms with van der Waals surface area (Å²) in [4.78, 5) is 149. The van der Waals surface area contributed by atoms with Gasteiger partial charge in [0.15, 0.2) is 5.96 Å². The Labute approximate surface area is 437 Å². The van der Waals surface area contributed by atoms with Gasteiger partial charge in [0.25, 0.3) is 0 Å². The SMILES string of the molecule is CC(C)C[C@H](NC(=O)[C@H](CCCCN)NC(=O)[C@H](CC(C)C)NC(=O)[C@H](CC(C)C)NC(=O)[C@@H]1CCCN1C(=O)[C@H](CCC(=O)O)NC(=O)CNC(=O)CNC(=O)[C@H](CCCN=C(N)N)NC(=O)[C@@H](N)CO)C(=O)O. The summed E-state index contributed by atoms with van der Waals surface area (Å²) in [6.45, 7) is 9.17. The fourth-order valence-electron chi connectivity index (χ4n) is 7.88. The second kappa shape index (κ2) is 34.7. The Balaban J connectivity index is 3.20. The number of aliphatic hydroxyl groups is 1. The van der Waals surface area contributed by atoms with Crippen LogP contribution in [0.1, 0.15) is 119 Å². The molecule has 1 aliphatic rings. The molecule has 0 aromatic rings. The fraction of sp³-hybridized carbons (Fsp3) is 0.745. The van der Waals surface area contributed by atoms with E-state index in [0.29, 0.717) is 25.8 Å². The van der Waals surface area contributed by atoms with Gasteiger partial charge in [0.1, 0.15) is 48.3 Å². The molecule has 1 fully saturated rings. The first kappa shape index (κ1) is 66.3. The number of aliphatic carboxylic acids is 2. The standard InChI is InChI=1S/C47H84N14O14/c1-25(2)19-32(42(70)57-30(11-7-8-16-48)41(69)60-34(46(74)75)21-27(5)6)58-43(71)33(20-26(3)4)59-44(72)35-13-10-18-61(35)45(73)31(14-15-38(65)66)55-37(64)23-53-36(63)22-54-40(68)29(12-9-17-52-47(50)51)56-39(67)28(49)24-62/h25-35,62H,7-24,48-49H2,1-6H3,(H,53,63)(H,54,68)(H,55,64)(H,56,67)(H,57,70)(H,58,71)(H,59,72)(H,60,69)(H,65,66)(H,74,75)(H4,50,51,52)/t28-,29-,30-,31-,32-,33-,34-,35-/m0/s1. The van der Waals surface area contributed by atoms with Crippen molar-refractivity contribution in [2.45, 2.75) is 167 Å². The first-order valence-corrected chi connectivity index (χ1v) is 25.4. The molecule has 0 bridgehead atoms. The number of rotatable bonds is 36. The summed E-state index contributed by atoms with van der Waals surface area (Å²) in [5.41, 5.74) is 21.9. The maximum atomic E-state index is 14.1. The Morgan fingerprint density at radius 3 is 1.65 bits per heavy atom. The maximum Gasteiger partial charge on any atom is 0.326 e. The average Bonchev–Trinajstić information content (AvgIpc) is 3.83. The van der Waals surface area contributed by atoms with E-state index in [2.05, 4.69) is 47.5 Å². The number of hydrogen-bond acceptors (Lipinski definition) is 15. The third-order valence-electron chi connectivity index (χ3n) is 11.7. The summed E-state index contributed by atoms with van der Waals surface area (Å²) < 4.78 is 0. The topological polar surface area (TPSA) is 464 Å². The third-order valence-corrected chi connectivity index (χ3v) is 11.7. The van der Waals surface area contributed by atoms with Gasteiger partial charge in [0.05, 0.1) is 19.7 Å². The van der Waals surface area contributed by atoms with Crippen LogP contribution < -0.4 is 65.5 Å². The molecule has 0 aromatic heterocycles. The fourth-order valence-corrected chi connectivity index (χ4v) is 7.88. The van der Waals surface area contributed by atoms with E-state index in [-0.39, 0.29) is 81.7 Å². The summed E-state index contributed by atoms with van der Waals surface area (Å²) >= 11 is 0. The van der Waals surface area contributed by atoms with Crippen molar-refractivity contribution in [2.75, 3.05) is 39.3 Å². The van der Waals surface area contributed by atoms with Gasteiger partial charge in [-0.2, -0.15) is 0 Å². The van der Waals surface area contributed by atoms with Crippen LogP contribution in [0.15, 0.2) is 4.99 Å². The third kappa shape index (κ3) is 26.4. The Bertz CT molecular complexity index is 1970. The van der Waals surface area contributed by atoms with E-state index in [4.69, 9.17) is 22.9 Å². The van der Waals surface area contributed by atoms with Crippen LogP contribution >= 0.6 is 0 Å². The summed E-state index contributed by atoms with van der Waals surface area (Å²) in [5.74, 6) is -10.3. The molecule has 19 N–H and O–H groups in total. The number of nitrogens with one attached hydrogen (secondary N) is 8. The number of nitrogens with zero attached hydrogens (tertiary/aromatic N) is 2. The van der Waals surface area contributed by atoms with E-state index in [9.17, 15) is 68.1 Å². The van der Waals surface area contributed by atoms with Gasteiger partial charge in [0, 0.05) is 19.5 Å². The second-order valence-electron chi connectivity index (χ2n) is 19.8. The Hall–Kier alpha value is -6.68. The monoisotopic (exact) mass is 1070 g/mol. The van der Waals surface area contributed by atoms with Crippen molar-refractivity contribution in [3.63, 3.8) is 0 Å². The highest BCUT2D eigenvalue weighted by molar-refractivity contribution is 5.98. The van der Waals surface area contributed by atoms with Crippen LogP contribution in [0.5, 0.6) is 0 Å². The number of carboxylic acid groups (broad SMARTS) is 2. The largest absolute Gasteiger partial charge is 0.481 e. The molecule has 0 aromatic carbocycles. The van der Waals surface area contributed by atoms with Crippen molar-refractivity contribution in [2.24, 2.45) is 45.7 Å². The van der Waals surface area contributed by atoms with Crippen molar-refractivity contribution < 1.29 is 68.1 Å². The van der Waals surface area contributed by atoms with Gasteiger partial charge < -0.3 is 85.7 Å². The van der Waals surface area contributed by atoms with E-state index in [1.807, 2.05) is 13.8 Å². The van der Waals surface area contributed by atoms with Crippen molar-refractivity contribution in [3.05, 3.63) is 0 Å². The molecule has 0 aliphatic carbocycles. The molecule has 9 amide bonds. The van der Waals surface area contributed by atoms with Gasteiger partial charge in [-0.1, -0.05) is 41.5 Å². The molecule has 0 radical (unpaired) electrons. The molecule has 28 heteroatoms. The van der Waals surface area contributed by atoms with Crippen LogP contribution in [0, 0.1) is 17.8 Å². The average molecular weight is 1070 g/mol. The van der Waals surface area contributed by atoms with E-state index < -0.39 is 146 Å². The first-order valence-electron chi connectivity index (χ1n) is 25.4. The van der Waals surface area contributed by atoms with E-state index >= 15 is 0 Å². The van der Waals surface area contributed by atoms with Crippen molar-refractivity contribution in [1.29, 1.82) is 0 Å². The van der Waals surface area contributed by atoms with E-state index in [1.54, 1.807) is 27.7 Å². The minimum Gasteiger partial charge on any atom is -0.481 e. The lowest BCUT2D eigenvalue weighted by Crippen LogP contribution is -2.59. The van der Waals surface area contributed by atoms with Gasteiger partial charge in [-0.15, -0.1) is 0 Å². The van der Waals surface area contributed by atoms with Gasteiger partial charge in [0.2, 0.25) is 53.2 Å². The molecule has 1 aliphatic heterocycles. The summed E-state index contributed by atoms with van der Waals surface area (Å²) in [5, 5.41) is 48.5. The molecule has 1 heterocycles. The smallest absolute Gasteiger partial charge is 0.326 e. The lowest BCUT2D eigenvalue weighted by molar-refractivity contribution is -0.143. The molecule has 0 spiro atoms. The molecule has 0 saturated carbocycles. The second-order valence-corrected chi connectivity index (χ2v) is 19.8.